The van der Waals surface area contributed by atoms with Gasteiger partial charge in [0, 0.05) is 23.6 Å². The van der Waals surface area contributed by atoms with Crippen molar-refractivity contribution in [3.8, 4) is 0 Å². The molecular weight excluding hydrogens is 259 g/mol. The highest BCUT2D eigenvalue weighted by molar-refractivity contribution is 5.81. The van der Waals surface area contributed by atoms with Crippen molar-refractivity contribution in [2.45, 2.75) is 13.0 Å². The summed E-state index contributed by atoms with van der Waals surface area (Å²) in [5.74, 6) is -0.727. The molecule has 1 unspecified atom stereocenters. The van der Waals surface area contributed by atoms with Crippen LogP contribution in [0.1, 0.15) is 18.5 Å². The van der Waals surface area contributed by atoms with E-state index in [1.807, 2.05) is 0 Å². The van der Waals surface area contributed by atoms with Gasteiger partial charge in [-0.2, -0.15) is 0 Å². The van der Waals surface area contributed by atoms with Crippen LogP contribution in [-0.4, -0.2) is 17.6 Å². The lowest BCUT2D eigenvalue weighted by atomic mass is 10.1. The lowest BCUT2D eigenvalue weighted by Gasteiger charge is -2.18. The van der Waals surface area contributed by atoms with Gasteiger partial charge in [0.25, 0.3) is 0 Å². The smallest absolute Gasteiger partial charge is 0.333 e. The summed E-state index contributed by atoms with van der Waals surface area (Å²) in [7, 11) is 0. The maximum absolute atomic E-state index is 12.9. The molecule has 1 N–H and O–H groups in total. The number of ether oxygens (including phenoxy) is 1. The number of carbonyl (C=O) groups excluding carboxylic acids is 1. The molecule has 0 aliphatic carbocycles. The van der Waals surface area contributed by atoms with Crippen molar-refractivity contribution in [1.29, 1.82) is 0 Å². The third-order valence-corrected chi connectivity index (χ3v) is 2.70. The standard InChI is InChI=1S/C15H15FN2O2/c1-2-20-15(19)14(11-4-3-9-17-10-11)18-13-7-5-12(16)6-8-13/h3-10,14,18H,2H2,1H3. The Kier molecular flexibility index (Phi) is 4.65. The fourth-order valence-electron chi connectivity index (χ4n) is 1.76. The minimum absolute atomic E-state index is 0.292. The van der Waals surface area contributed by atoms with Crippen molar-refractivity contribution in [3.05, 3.63) is 60.2 Å². The number of rotatable bonds is 5. The van der Waals surface area contributed by atoms with Crippen molar-refractivity contribution in [1.82, 2.24) is 4.98 Å². The zero-order valence-electron chi connectivity index (χ0n) is 11.0. The van der Waals surface area contributed by atoms with Crippen molar-refractivity contribution in [2.24, 2.45) is 0 Å². The van der Waals surface area contributed by atoms with Gasteiger partial charge in [-0.05, 0) is 37.3 Å². The molecule has 1 aromatic carbocycles. The number of aromatic nitrogens is 1. The van der Waals surface area contributed by atoms with Crippen LogP contribution in [0.2, 0.25) is 0 Å². The zero-order chi connectivity index (χ0) is 14.4. The summed E-state index contributed by atoms with van der Waals surface area (Å²) in [5.41, 5.74) is 1.32. The molecule has 0 aliphatic heterocycles. The van der Waals surface area contributed by atoms with Gasteiger partial charge in [0.2, 0.25) is 0 Å². The summed E-state index contributed by atoms with van der Waals surface area (Å²) in [4.78, 5) is 16.0. The zero-order valence-corrected chi connectivity index (χ0v) is 11.0. The average Bonchev–Trinajstić information content (AvgIpc) is 2.48. The number of benzene rings is 1. The molecule has 0 fully saturated rings. The van der Waals surface area contributed by atoms with Gasteiger partial charge in [0.15, 0.2) is 6.04 Å². The molecule has 5 heteroatoms. The van der Waals surface area contributed by atoms with Crippen molar-refractivity contribution < 1.29 is 13.9 Å². The van der Waals surface area contributed by atoms with Crippen LogP contribution in [0.3, 0.4) is 0 Å². The SMILES string of the molecule is CCOC(=O)C(Nc1ccc(F)cc1)c1cccnc1. The molecule has 0 saturated heterocycles. The molecule has 0 bridgehead atoms. The van der Waals surface area contributed by atoms with Crippen molar-refractivity contribution >= 4 is 11.7 Å². The number of nitrogens with one attached hydrogen (secondary N) is 1. The number of hydrogen-bond donors (Lipinski definition) is 1. The van der Waals surface area contributed by atoms with E-state index < -0.39 is 12.0 Å². The summed E-state index contributed by atoms with van der Waals surface area (Å²) in [6.45, 7) is 2.04. The summed E-state index contributed by atoms with van der Waals surface area (Å²) in [6, 6.07) is 8.64. The molecule has 2 aromatic rings. The molecule has 2 rings (SSSR count). The minimum Gasteiger partial charge on any atom is -0.464 e. The molecule has 0 saturated carbocycles. The Balaban J connectivity index is 2.23. The predicted molar refractivity (Wildman–Crippen MR) is 73.6 cm³/mol. The molecule has 1 atom stereocenters. The highest BCUT2D eigenvalue weighted by Crippen LogP contribution is 2.20. The Morgan fingerprint density at radius 3 is 2.70 bits per heavy atom. The number of anilines is 1. The van der Waals surface area contributed by atoms with Crippen LogP contribution < -0.4 is 5.32 Å². The number of nitrogens with zero attached hydrogens (tertiary/aromatic N) is 1. The third-order valence-electron chi connectivity index (χ3n) is 2.70. The molecule has 20 heavy (non-hydrogen) atoms. The number of halogens is 1. The lowest BCUT2D eigenvalue weighted by Crippen LogP contribution is -2.23. The van der Waals surface area contributed by atoms with Crippen LogP contribution in [0.4, 0.5) is 10.1 Å². The van der Waals surface area contributed by atoms with E-state index in [0.717, 1.165) is 0 Å². The number of esters is 1. The first-order valence-corrected chi connectivity index (χ1v) is 6.29. The number of pyridine rings is 1. The van der Waals surface area contributed by atoms with E-state index in [1.165, 1.54) is 12.1 Å². The maximum Gasteiger partial charge on any atom is 0.333 e. The van der Waals surface area contributed by atoms with Gasteiger partial charge in [-0.1, -0.05) is 6.07 Å². The highest BCUT2D eigenvalue weighted by Gasteiger charge is 2.21. The Bertz CT molecular complexity index is 558. The second kappa shape index (κ2) is 6.65. The first-order valence-electron chi connectivity index (χ1n) is 6.29. The topological polar surface area (TPSA) is 51.2 Å². The molecule has 1 heterocycles. The van der Waals surface area contributed by atoms with Crippen LogP contribution in [0, 0.1) is 5.82 Å². The molecule has 104 valence electrons. The van der Waals surface area contributed by atoms with Crippen LogP contribution in [-0.2, 0) is 9.53 Å². The highest BCUT2D eigenvalue weighted by atomic mass is 19.1. The summed E-state index contributed by atoms with van der Waals surface area (Å²) >= 11 is 0. The molecule has 0 radical (unpaired) electrons. The van der Waals surface area contributed by atoms with Gasteiger partial charge in [0.05, 0.1) is 6.61 Å². The average molecular weight is 274 g/mol. The minimum atomic E-state index is -0.672. The molecule has 0 spiro atoms. The Hall–Kier alpha value is -2.43. The number of carbonyl (C=O) groups is 1. The normalized spacial score (nSPS) is 11.7. The van der Waals surface area contributed by atoms with Gasteiger partial charge < -0.3 is 10.1 Å². The van der Waals surface area contributed by atoms with E-state index in [4.69, 9.17) is 4.74 Å². The molecule has 0 amide bonds. The third kappa shape index (κ3) is 3.54. The quantitative estimate of drug-likeness (QED) is 0.852. The Labute approximate surface area is 116 Å². The number of hydrogen-bond acceptors (Lipinski definition) is 4. The second-order valence-electron chi connectivity index (χ2n) is 4.12. The second-order valence-corrected chi connectivity index (χ2v) is 4.12. The summed E-state index contributed by atoms with van der Waals surface area (Å²) in [6.07, 6.45) is 3.22. The van der Waals surface area contributed by atoms with E-state index >= 15 is 0 Å². The Morgan fingerprint density at radius 2 is 2.10 bits per heavy atom. The largest absolute Gasteiger partial charge is 0.464 e. The first-order chi connectivity index (χ1) is 9.70. The molecule has 0 aliphatic rings. The van der Waals surface area contributed by atoms with Crippen LogP contribution >= 0.6 is 0 Å². The first kappa shape index (κ1) is 14.0. The van der Waals surface area contributed by atoms with E-state index in [9.17, 15) is 9.18 Å². The van der Waals surface area contributed by atoms with E-state index in [-0.39, 0.29) is 5.82 Å². The van der Waals surface area contributed by atoms with Gasteiger partial charge >= 0.3 is 5.97 Å². The summed E-state index contributed by atoms with van der Waals surface area (Å²) < 4.78 is 17.9. The maximum atomic E-state index is 12.9. The monoisotopic (exact) mass is 274 g/mol. The van der Waals surface area contributed by atoms with Crippen molar-refractivity contribution in [3.63, 3.8) is 0 Å². The van der Waals surface area contributed by atoms with Gasteiger partial charge in [0.1, 0.15) is 5.82 Å². The van der Waals surface area contributed by atoms with Gasteiger partial charge in [-0.3, -0.25) is 4.98 Å². The molecule has 4 nitrogen and oxygen atoms in total. The van der Waals surface area contributed by atoms with E-state index in [2.05, 4.69) is 10.3 Å². The van der Waals surface area contributed by atoms with E-state index in [0.29, 0.717) is 17.9 Å². The van der Waals surface area contributed by atoms with Crippen LogP contribution in [0.25, 0.3) is 0 Å². The summed E-state index contributed by atoms with van der Waals surface area (Å²) in [5, 5.41) is 3.03. The molecular formula is C15H15FN2O2. The fourth-order valence-corrected chi connectivity index (χ4v) is 1.76. The van der Waals surface area contributed by atoms with Crippen LogP contribution in [0.5, 0.6) is 0 Å². The predicted octanol–water partition coefficient (Wildman–Crippen LogP) is 2.94. The molecule has 1 aromatic heterocycles. The van der Waals surface area contributed by atoms with Gasteiger partial charge in [-0.25, -0.2) is 9.18 Å². The van der Waals surface area contributed by atoms with Crippen LogP contribution in [0.15, 0.2) is 48.8 Å². The Morgan fingerprint density at radius 1 is 1.35 bits per heavy atom. The van der Waals surface area contributed by atoms with E-state index in [1.54, 1.807) is 43.6 Å². The van der Waals surface area contributed by atoms with Crippen molar-refractivity contribution in [2.75, 3.05) is 11.9 Å². The van der Waals surface area contributed by atoms with Gasteiger partial charge in [-0.15, -0.1) is 0 Å². The lowest BCUT2D eigenvalue weighted by molar-refractivity contribution is -0.144. The fraction of sp³-hybridized carbons (Fsp3) is 0.200.